The van der Waals surface area contributed by atoms with E-state index < -0.39 is 4.92 Å². The lowest BCUT2D eigenvalue weighted by Crippen LogP contribution is -2.23. The Hall–Kier alpha value is -2.90. The summed E-state index contributed by atoms with van der Waals surface area (Å²) < 4.78 is 0. The largest absolute Gasteiger partial charge is 0.372 e. The first-order chi connectivity index (χ1) is 10.8. The molecule has 0 aliphatic heterocycles. The van der Waals surface area contributed by atoms with Crippen molar-refractivity contribution in [3.63, 3.8) is 0 Å². The minimum Gasteiger partial charge on any atom is -0.372 e. The molecule has 0 saturated carbocycles. The minimum atomic E-state index is -0.490. The van der Waals surface area contributed by atoms with E-state index in [0.717, 1.165) is 17.0 Å². The quantitative estimate of drug-likeness (QED) is 0.647. The molecule has 2 aromatic rings. The van der Waals surface area contributed by atoms with E-state index in [1.807, 2.05) is 13.8 Å². The molecule has 0 aliphatic carbocycles. The number of nitrogens with zero attached hydrogens (tertiary/aromatic N) is 3. The van der Waals surface area contributed by atoms with E-state index in [1.165, 1.54) is 6.07 Å². The zero-order valence-corrected chi connectivity index (χ0v) is 13.5. The second-order valence-corrected chi connectivity index (χ2v) is 5.45. The summed E-state index contributed by atoms with van der Waals surface area (Å²) >= 11 is 0. The van der Waals surface area contributed by atoms with Gasteiger partial charge in [-0.15, -0.1) is 0 Å². The van der Waals surface area contributed by atoms with E-state index in [4.69, 9.17) is 0 Å². The lowest BCUT2D eigenvalue weighted by Gasteiger charge is -2.13. The van der Waals surface area contributed by atoms with Crippen molar-refractivity contribution in [3.8, 4) is 0 Å². The third kappa shape index (κ3) is 3.47. The van der Waals surface area contributed by atoms with Crippen LogP contribution < -0.4 is 10.2 Å². The number of benzene rings is 1. The Labute approximate surface area is 133 Å². The molecule has 122 valence electrons. The Balaban J connectivity index is 2.20. The number of aryl methyl sites for hydroxylation is 2. The highest BCUT2D eigenvalue weighted by atomic mass is 16.6. The van der Waals surface area contributed by atoms with Crippen LogP contribution in [0.1, 0.15) is 27.3 Å². The molecule has 1 amide bonds. The Bertz CT molecular complexity index is 732. The molecule has 1 heterocycles. The average Bonchev–Trinajstić information content (AvgIpc) is 2.82. The smallest absolute Gasteiger partial charge is 0.293 e. The van der Waals surface area contributed by atoms with Crippen LogP contribution in [0.15, 0.2) is 18.2 Å². The highest BCUT2D eigenvalue weighted by Crippen LogP contribution is 2.27. The lowest BCUT2D eigenvalue weighted by molar-refractivity contribution is -0.384. The van der Waals surface area contributed by atoms with Gasteiger partial charge in [-0.3, -0.25) is 20.0 Å². The molecule has 0 unspecified atom stereocenters. The molecule has 0 bridgehead atoms. The number of anilines is 1. The number of H-pyrrole nitrogens is 1. The third-order valence-corrected chi connectivity index (χ3v) is 3.62. The van der Waals surface area contributed by atoms with Crippen LogP contribution in [-0.4, -0.2) is 35.1 Å². The summed E-state index contributed by atoms with van der Waals surface area (Å²) in [6.07, 6.45) is 0. The van der Waals surface area contributed by atoms with Crippen molar-refractivity contribution in [2.24, 2.45) is 0 Å². The Morgan fingerprint density at radius 2 is 2.09 bits per heavy atom. The molecule has 8 nitrogen and oxygen atoms in total. The number of amides is 1. The maximum Gasteiger partial charge on any atom is 0.293 e. The van der Waals surface area contributed by atoms with Gasteiger partial charge in [-0.2, -0.15) is 5.10 Å². The van der Waals surface area contributed by atoms with Crippen molar-refractivity contribution in [2.45, 2.75) is 20.4 Å². The predicted octanol–water partition coefficient (Wildman–Crippen LogP) is 1.93. The van der Waals surface area contributed by atoms with Crippen LogP contribution in [0.3, 0.4) is 0 Å². The number of nitro groups is 1. The lowest BCUT2D eigenvalue weighted by atomic mass is 10.1. The van der Waals surface area contributed by atoms with Gasteiger partial charge in [0, 0.05) is 43.5 Å². The van der Waals surface area contributed by atoms with Gasteiger partial charge in [-0.1, -0.05) is 0 Å². The van der Waals surface area contributed by atoms with Crippen molar-refractivity contribution >= 4 is 17.3 Å². The van der Waals surface area contributed by atoms with E-state index >= 15 is 0 Å². The summed E-state index contributed by atoms with van der Waals surface area (Å²) in [6.45, 7) is 4.04. The maximum atomic E-state index is 12.2. The summed E-state index contributed by atoms with van der Waals surface area (Å²) in [5.41, 5.74) is 3.22. The number of rotatable bonds is 5. The van der Waals surface area contributed by atoms with Gasteiger partial charge in [-0.05, 0) is 26.0 Å². The van der Waals surface area contributed by atoms with E-state index in [0.29, 0.717) is 12.2 Å². The fourth-order valence-corrected chi connectivity index (χ4v) is 2.29. The Morgan fingerprint density at radius 1 is 1.39 bits per heavy atom. The van der Waals surface area contributed by atoms with Crippen LogP contribution in [0, 0.1) is 24.0 Å². The predicted molar refractivity (Wildman–Crippen MR) is 86.7 cm³/mol. The normalized spacial score (nSPS) is 10.4. The second-order valence-electron chi connectivity index (χ2n) is 5.45. The van der Waals surface area contributed by atoms with Crippen LogP contribution in [0.4, 0.5) is 11.4 Å². The van der Waals surface area contributed by atoms with Crippen LogP contribution in [0.5, 0.6) is 0 Å². The molecule has 0 fully saturated rings. The fraction of sp³-hybridized carbons (Fsp3) is 0.333. The monoisotopic (exact) mass is 317 g/mol. The first kappa shape index (κ1) is 16.5. The van der Waals surface area contributed by atoms with Gasteiger partial charge in [0.1, 0.15) is 5.69 Å². The number of hydrogen-bond donors (Lipinski definition) is 2. The summed E-state index contributed by atoms with van der Waals surface area (Å²) in [5.74, 6) is -0.363. The van der Waals surface area contributed by atoms with Crippen LogP contribution in [0.25, 0.3) is 0 Å². The molecule has 2 rings (SSSR count). The van der Waals surface area contributed by atoms with Crippen molar-refractivity contribution in [1.82, 2.24) is 15.5 Å². The fourth-order valence-electron chi connectivity index (χ4n) is 2.29. The van der Waals surface area contributed by atoms with Crippen LogP contribution >= 0.6 is 0 Å². The van der Waals surface area contributed by atoms with E-state index in [2.05, 4.69) is 15.5 Å². The van der Waals surface area contributed by atoms with Crippen LogP contribution in [-0.2, 0) is 6.54 Å². The molecule has 0 atom stereocenters. The van der Waals surface area contributed by atoms with Gasteiger partial charge in [0.2, 0.25) is 0 Å². The number of hydrogen-bond acceptors (Lipinski definition) is 5. The van der Waals surface area contributed by atoms with Gasteiger partial charge >= 0.3 is 0 Å². The van der Waals surface area contributed by atoms with Crippen molar-refractivity contribution in [3.05, 3.63) is 50.8 Å². The number of nitrogens with one attached hydrogen (secondary N) is 2. The molecular weight excluding hydrogens is 298 g/mol. The van der Waals surface area contributed by atoms with E-state index in [-0.39, 0.29) is 17.2 Å². The molecule has 1 aromatic heterocycles. The molecular formula is C15H19N5O3. The van der Waals surface area contributed by atoms with Crippen molar-refractivity contribution in [1.29, 1.82) is 0 Å². The minimum absolute atomic E-state index is 0.0988. The molecule has 0 radical (unpaired) electrons. The zero-order chi connectivity index (χ0) is 17.1. The second kappa shape index (κ2) is 6.47. The van der Waals surface area contributed by atoms with Gasteiger partial charge in [0.05, 0.1) is 10.6 Å². The molecule has 8 heteroatoms. The van der Waals surface area contributed by atoms with E-state index in [1.54, 1.807) is 31.1 Å². The number of aromatic nitrogens is 2. The Kier molecular flexibility index (Phi) is 4.63. The highest BCUT2D eigenvalue weighted by Gasteiger charge is 2.19. The highest BCUT2D eigenvalue weighted by molar-refractivity contribution is 5.95. The van der Waals surface area contributed by atoms with Gasteiger partial charge < -0.3 is 10.2 Å². The third-order valence-electron chi connectivity index (χ3n) is 3.62. The summed E-state index contributed by atoms with van der Waals surface area (Å²) in [4.78, 5) is 24.6. The number of carbonyl (C=O) groups excluding carboxylic acids is 1. The summed E-state index contributed by atoms with van der Waals surface area (Å²) in [6, 6.07) is 4.44. The summed E-state index contributed by atoms with van der Waals surface area (Å²) in [7, 11) is 3.43. The average molecular weight is 317 g/mol. The van der Waals surface area contributed by atoms with Crippen molar-refractivity contribution < 1.29 is 9.72 Å². The topological polar surface area (TPSA) is 104 Å². The molecule has 0 saturated heterocycles. The number of aromatic amines is 1. The molecule has 0 spiro atoms. The molecule has 2 N–H and O–H groups in total. The first-order valence-corrected chi connectivity index (χ1v) is 7.05. The zero-order valence-electron chi connectivity index (χ0n) is 13.5. The van der Waals surface area contributed by atoms with Gasteiger partial charge in [-0.25, -0.2) is 0 Å². The number of nitro benzene ring substituents is 1. The maximum absolute atomic E-state index is 12.2. The Morgan fingerprint density at radius 3 is 2.61 bits per heavy atom. The molecule has 23 heavy (non-hydrogen) atoms. The number of carbonyl (C=O) groups is 1. The first-order valence-electron chi connectivity index (χ1n) is 7.05. The molecule has 0 aliphatic rings. The SMILES string of the molecule is Cc1n[nH]c(C)c1CNC(=O)c1ccc(N(C)C)c([N+](=O)[O-])c1. The van der Waals surface area contributed by atoms with Crippen LogP contribution in [0.2, 0.25) is 0 Å². The van der Waals surface area contributed by atoms with Crippen molar-refractivity contribution in [2.75, 3.05) is 19.0 Å². The standard InChI is InChI=1S/C15H19N5O3/c1-9-12(10(2)18-17-9)8-16-15(21)11-5-6-13(19(3)4)14(7-11)20(22)23/h5-7H,8H2,1-4H3,(H,16,21)(H,17,18). The van der Waals surface area contributed by atoms with Gasteiger partial charge in [0.15, 0.2) is 0 Å². The summed E-state index contributed by atoms with van der Waals surface area (Å²) in [5, 5.41) is 20.8. The van der Waals surface area contributed by atoms with Gasteiger partial charge in [0.25, 0.3) is 11.6 Å². The molecule has 1 aromatic carbocycles. The van der Waals surface area contributed by atoms with E-state index in [9.17, 15) is 14.9 Å².